The fraction of sp³-hybridized carbons (Fsp3) is 0.240. The summed E-state index contributed by atoms with van der Waals surface area (Å²) in [7, 11) is 0. The third-order valence-corrected chi connectivity index (χ3v) is 5.57. The Hall–Kier alpha value is -2.72. The van der Waals surface area contributed by atoms with Crippen molar-refractivity contribution in [2.45, 2.75) is 31.8 Å². The van der Waals surface area contributed by atoms with Gasteiger partial charge in [-0.2, -0.15) is 0 Å². The van der Waals surface area contributed by atoms with Gasteiger partial charge in [-0.15, -0.1) is 11.8 Å². The molecule has 0 bridgehead atoms. The van der Waals surface area contributed by atoms with Crippen LogP contribution < -0.4 is 4.74 Å². The second-order valence-electron chi connectivity index (χ2n) is 7.25. The van der Waals surface area contributed by atoms with Crippen molar-refractivity contribution < 1.29 is 14.3 Å². The molecule has 0 heterocycles. The van der Waals surface area contributed by atoms with Gasteiger partial charge in [0.05, 0.1) is 6.42 Å². The minimum absolute atomic E-state index is 0.229. The van der Waals surface area contributed by atoms with Crippen LogP contribution in [0.5, 0.6) is 11.5 Å². The zero-order valence-electron chi connectivity index (χ0n) is 16.8. The van der Waals surface area contributed by atoms with E-state index < -0.39 is 0 Å². The van der Waals surface area contributed by atoms with E-state index >= 15 is 0 Å². The lowest BCUT2D eigenvalue weighted by Crippen LogP contribution is -2.08. The zero-order chi connectivity index (χ0) is 20.5. The third kappa shape index (κ3) is 7.31. The summed E-state index contributed by atoms with van der Waals surface area (Å²) in [4.78, 5) is 13.4. The Morgan fingerprint density at radius 3 is 2.31 bits per heavy atom. The summed E-state index contributed by atoms with van der Waals surface area (Å²) in [6, 6.07) is 25.3. The van der Waals surface area contributed by atoms with Crippen LogP contribution >= 0.6 is 11.8 Å². The van der Waals surface area contributed by atoms with Crippen molar-refractivity contribution in [1.82, 2.24) is 0 Å². The Kier molecular flexibility index (Phi) is 7.77. The van der Waals surface area contributed by atoms with Crippen molar-refractivity contribution in [1.29, 1.82) is 0 Å². The number of hydrogen-bond donors (Lipinski definition) is 0. The number of carbonyl (C=O) groups is 1. The molecule has 3 aromatic rings. The SMILES string of the molecule is CC(C)CSc1ccc(CC(=O)OCc2cccc(Oc3ccccc3)c2)cc1. The first kappa shape index (κ1) is 21.0. The van der Waals surface area contributed by atoms with E-state index in [2.05, 4.69) is 26.0 Å². The number of para-hydroxylation sites is 1. The van der Waals surface area contributed by atoms with Crippen LogP contribution in [0.3, 0.4) is 0 Å². The number of benzene rings is 3. The van der Waals surface area contributed by atoms with Crippen molar-refractivity contribution in [3.05, 3.63) is 90.0 Å². The summed E-state index contributed by atoms with van der Waals surface area (Å²) < 4.78 is 11.3. The van der Waals surface area contributed by atoms with Crippen LogP contribution in [0.15, 0.2) is 83.8 Å². The van der Waals surface area contributed by atoms with Crippen molar-refractivity contribution >= 4 is 17.7 Å². The molecule has 3 aromatic carbocycles. The molecule has 0 aliphatic carbocycles. The number of thioether (sulfide) groups is 1. The van der Waals surface area contributed by atoms with Gasteiger partial charge >= 0.3 is 5.97 Å². The van der Waals surface area contributed by atoms with E-state index in [4.69, 9.17) is 9.47 Å². The van der Waals surface area contributed by atoms with Gasteiger partial charge < -0.3 is 9.47 Å². The molecule has 29 heavy (non-hydrogen) atoms. The Labute approximate surface area is 177 Å². The Morgan fingerprint density at radius 1 is 0.862 bits per heavy atom. The summed E-state index contributed by atoms with van der Waals surface area (Å²) in [5.41, 5.74) is 1.86. The van der Waals surface area contributed by atoms with Gasteiger partial charge in [-0.05, 0) is 53.4 Å². The lowest BCUT2D eigenvalue weighted by molar-refractivity contribution is -0.144. The zero-order valence-corrected chi connectivity index (χ0v) is 17.7. The van der Waals surface area contributed by atoms with Gasteiger partial charge in [-0.3, -0.25) is 4.79 Å². The van der Waals surface area contributed by atoms with Gasteiger partial charge in [0, 0.05) is 10.6 Å². The average molecular weight is 407 g/mol. The van der Waals surface area contributed by atoms with Crippen molar-refractivity contribution in [3.8, 4) is 11.5 Å². The number of ether oxygens (including phenoxy) is 2. The summed E-state index contributed by atoms with van der Waals surface area (Å²) in [5.74, 6) is 3.01. The topological polar surface area (TPSA) is 35.5 Å². The lowest BCUT2D eigenvalue weighted by Gasteiger charge is -2.09. The van der Waals surface area contributed by atoms with Gasteiger partial charge in [0.2, 0.25) is 0 Å². The number of esters is 1. The Balaban J connectivity index is 1.48. The van der Waals surface area contributed by atoms with E-state index in [1.165, 1.54) is 4.90 Å². The van der Waals surface area contributed by atoms with Crippen LogP contribution in [0, 0.1) is 5.92 Å². The molecule has 0 saturated carbocycles. The smallest absolute Gasteiger partial charge is 0.310 e. The third-order valence-electron chi connectivity index (χ3n) is 4.13. The van der Waals surface area contributed by atoms with Crippen LogP contribution in [0.25, 0.3) is 0 Å². The summed E-state index contributed by atoms with van der Waals surface area (Å²) >= 11 is 1.84. The molecular formula is C25H26O3S. The van der Waals surface area contributed by atoms with Gasteiger partial charge in [-0.1, -0.05) is 56.3 Å². The molecule has 0 fully saturated rings. The normalized spacial score (nSPS) is 10.7. The molecule has 3 rings (SSSR count). The van der Waals surface area contributed by atoms with Crippen molar-refractivity contribution in [3.63, 3.8) is 0 Å². The van der Waals surface area contributed by atoms with E-state index in [1.54, 1.807) is 0 Å². The molecule has 0 atom stereocenters. The maximum Gasteiger partial charge on any atom is 0.310 e. The molecule has 0 spiro atoms. The summed E-state index contributed by atoms with van der Waals surface area (Å²) in [6.07, 6.45) is 0.273. The first-order chi connectivity index (χ1) is 14.1. The Bertz CT molecular complexity index is 905. The molecule has 0 aliphatic heterocycles. The predicted molar refractivity (Wildman–Crippen MR) is 118 cm³/mol. The monoisotopic (exact) mass is 406 g/mol. The highest BCUT2D eigenvalue weighted by atomic mass is 32.2. The van der Waals surface area contributed by atoms with Crippen LogP contribution in [0.2, 0.25) is 0 Å². The molecule has 0 amide bonds. The first-order valence-electron chi connectivity index (χ1n) is 9.77. The van der Waals surface area contributed by atoms with E-state index in [1.807, 2.05) is 78.5 Å². The molecule has 0 saturated heterocycles. The minimum atomic E-state index is -0.234. The van der Waals surface area contributed by atoms with Gasteiger partial charge in [0.25, 0.3) is 0 Å². The summed E-state index contributed by atoms with van der Waals surface area (Å²) in [6.45, 7) is 4.65. The second kappa shape index (κ2) is 10.7. The molecule has 0 unspecified atom stereocenters. The molecular weight excluding hydrogens is 380 g/mol. The van der Waals surface area contributed by atoms with Crippen LogP contribution in [0.1, 0.15) is 25.0 Å². The molecule has 0 radical (unpaired) electrons. The molecule has 4 heteroatoms. The fourth-order valence-corrected chi connectivity index (χ4v) is 3.53. The van der Waals surface area contributed by atoms with Gasteiger partial charge in [0.15, 0.2) is 0 Å². The quantitative estimate of drug-likeness (QED) is 0.300. The molecule has 3 nitrogen and oxygen atoms in total. The molecule has 0 N–H and O–H groups in total. The minimum Gasteiger partial charge on any atom is -0.461 e. The van der Waals surface area contributed by atoms with E-state index in [9.17, 15) is 4.79 Å². The van der Waals surface area contributed by atoms with Gasteiger partial charge in [0.1, 0.15) is 18.1 Å². The van der Waals surface area contributed by atoms with Crippen molar-refractivity contribution in [2.24, 2.45) is 5.92 Å². The second-order valence-corrected chi connectivity index (χ2v) is 8.34. The number of hydrogen-bond acceptors (Lipinski definition) is 4. The maximum absolute atomic E-state index is 12.2. The lowest BCUT2D eigenvalue weighted by atomic mass is 10.1. The number of rotatable bonds is 9. The molecule has 0 aliphatic rings. The van der Waals surface area contributed by atoms with Crippen LogP contribution in [-0.2, 0) is 22.6 Å². The predicted octanol–water partition coefficient (Wildman–Crippen LogP) is 6.51. The number of carbonyl (C=O) groups excluding carboxylic acids is 1. The standard InChI is InChI=1S/C25H26O3S/c1-19(2)18-29-24-13-11-20(12-14-24)16-25(26)27-17-21-7-6-10-23(15-21)28-22-8-4-3-5-9-22/h3-15,19H,16-18H2,1-2H3. The van der Waals surface area contributed by atoms with Crippen molar-refractivity contribution in [2.75, 3.05) is 5.75 Å². The Morgan fingerprint density at radius 2 is 1.59 bits per heavy atom. The van der Waals surface area contributed by atoms with E-state index in [0.29, 0.717) is 5.92 Å². The first-order valence-corrected chi connectivity index (χ1v) is 10.8. The average Bonchev–Trinajstić information content (AvgIpc) is 2.73. The fourth-order valence-electron chi connectivity index (χ4n) is 2.67. The van der Waals surface area contributed by atoms with Crippen LogP contribution in [0.4, 0.5) is 0 Å². The summed E-state index contributed by atoms with van der Waals surface area (Å²) in [5, 5.41) is 0. The molecule has 0 aromatic heterocycles. The molecule has 150 valence electrons. The largest absolute Gasteiger partial charge is 0.461 e. The highest BCUT2D eigenvalue weighted by molar-refractivity contribution is 7.99. The van der Waals surface area contributed by atoms with E-state index in [-0.39, 0.29) is 19.0 Å². The van der Waals surface area contributed by atoms with Crippen LogP contribution in [-0.4, -0.2) is 11.7 Å². The van der Waals surface area contributed by atoms with E-state index in [0.717, 1.165) is 28.4 Å². The van der Waals surface area contributed by atoms with Gasteiger partial charge in [-0.25, -0.2) is 0 Å². The highest BCUT2D eigenvalue weighted by Crippen LogP contribution is 2.23. The highest BCUT2D eigenvalue weighted by Gasteiger charge is 2.07. The maximum atomic E-state index is 12.2.